The molecule has 0 radical (unpaired) electrons. The molecule has 1 saturated carbocycles. The molecular formula is C41H96N7O22P4+7. The van der Waals surface area contributed by atoms with E-state index in [1.54, 1.807) is 0 Å². The smallest absolute Gasteiger partial charge is 0.462 e. The molecule has 0 aromatic carbocycles. The molecule has 23 N–H and O–H groups in total. The molecule has 29 nitrogen and oxygen atoms in total. The molecule has 0 spiro atoms. The molecule has 0 saturated heterocycles. The molecule has 0 aromatic rings. The van der Waals surface area contributed by atoms with Gasteiger partial charge in [0.15, 0.2) is 6.10 Å². The third-order valence-electron chi connectivity index (χ3n) is 12.2. The molecule has 74 heavy (non-hydrogen) atoms. The molecule has 0 aliphatic heterocycles. The van der Waals surface area contributed by atoms with Gasteiger partial charge in [-0.25, -0.2) is 59.5 Å². The second-order valence-electron chi connectivity index (χ2n) is 18.0. The lowest BCUT2D eigenvalue weighted by Crippen LogP contribution is -2.67. The lowest BCUT2D eigenvalue weighted by Gasteiger charge is -2.45. The molecule has 0 amide bonds. The maximum atomic E-state index is 14.2. The van der Waals surface area contributed by atoms with Gasteiger partial charge in [0.25, 0.3) is 0 Å². The van der Waals surface area contributed by atoms with Gasteiger partial charge in [0.05, 0.1) is 6.61 Å². The van der Waals surface area contributed by atoms with Crippen molar-refractivity contribution in [1.82, 2.24) is 0 Å². The summed E-state index contributed by atoms with van der Waals surface area (Å²) < 4.78 is 124. The molecule has 33 heteroatoms. The highest BCUT2D eigenvalue weighted by atomic mass is 31.2. The van der Waals surface area contributed by atoms with Gasteiger partial charge in [-0.1, -0.05) is 200 Å². The Morgan fingerprint density at radius 3 is 1.00 bits per heavy atom. The number of aliphatic hydroxyl groups is 2. The summed E-state index contributed by atoms with van der Waals surface area (Å²) in [5, 5.41) is 23.3. The second-order valence-corrected chi connectivity index (χ2v) is 24.5. The summed E-state index contributed by atoms with van der Waals surface area (Å²) in [6.07, 6.45) is 13.2. The zero-order valence-corrected chi connectivity index (χ0v) is 47.6. The minimum Gasteiger partial charge on any atom is -0.462 e. The summed E-state index contributed by atoms with van der Waals surface area (Å²) in [6.45, 7) is 3.04. The van der Waals surface area contributed by atoms with Crippen molar-refractivity contribution in [1.29, 1.82) is 0 Å². The number of phosphoric ester groups is 1. The predicted molar refractivity (Wildman–Crippen MR) is 257 cm³/mol. The topological polar surface area (TPSA) is 466 Å². The third kappa shape index (κ3) is 29.3. The molecule has 440 valence electrons. The normalized spacial score (nSPS) is 20.9. The number of carbonyl (C=O) groups is 2. The number of phosphoric acid groups is 4. The summed E-state index contributed by atoms with van der Waals surface area (Å²) in [6, 6.07) is 0. The van der Waals surface area contributed by atoms with Gasteiger partial charge in [0.1, 0.15) is 43.2 Å². The van der Waals surface area contributed by atoms with Crippen molar-refractivity contribution in [2.75, 3.05) is 13.2 Å². The van der Waals surface area contributed by atoms with Crippen LogP contribution in [0.15, 0.2) is 0 Å². The van der Waals surface area contributed by atoms with E-state index in [9.17, 15) is 38.1 Å². The van der Waals surface area contributed by atoms with Gasteiger partial charge in [-0.15, -0.1) is 0 Å². The van der Waals surface area contributed by atoms with Crippen molar-refractivity contribution in [3.05, 3.63) is 0 Å². The minimum atomic E-state index is -5.19. The van der Waals surface area contributed by atoms with E-state index >= 15 is 0 Å². The third-order valence-corrected chi connectivity index (χ3v) is 16.9. The number of esters is 2. The molecule has 3 unspecified atom stereocenters. The lowest BCUT2D eigenvalue weighted by atomic mass is 9.85. The first-order valence-electron chi connectivity index (χ1n) is 26.0. The van der Waals surface area contributed by atoms with Crippen molar-refractivity contribution in [2.45, 2.75) is 236 Å². The lowest BCUT2D eigenvalue weighted by molar-refractivity contribution is -0.686. The first-order valence-corrected chi connectivity index (χ1v) is 31.8. The second kappa shape index (κ2) is 41.1. The maximum absolute atomic E-state index is 14.2. The van der Waals surface area contributed by atoms with Gasteiger partial charge in [0.2, 0.25) is 0 Å². The first-order chi connectivity index (χ1) is 35.4. The Morgan fingerprint density at radius 1 is 0.392 bits per heavy atom. The van der Waals surface area contributed by atoms with Crippen LogP contribution in [0.1, 0.15) is 194 Å². The zero-order valence-electron chi connectivity index (χ0n) is 44.1. The Labute approximate surface area is 435 Å². The Bertz CT molecular complexity index is 1620. The van der Waals surface area contributed by atoms with E-state index < -0.39 is 99.2 Å². The Hall–Kier alpha value is -0.980. The van der Waals surface area contributed by atoms with Gasteiger partial charge in [-0.3, -0.25) is 32.2 Å². The van der Waals surface area contributed by atoms with E-state index in [4.69, 9.17) is 36.7 Å². The summed E-state index contributed by atoms with van der Waals surface area (Å²) in [5.74, 6) is 19.7. The van der Waals surface area contributed by atoms with E-state index in [1.807, 2.05) is 0 Å². The fraction of sp³-hybridized carbons (Fsp3) is 0.951. The Kier molecular flexibility index (Phi) is 39.4. The van der Waals surface area contributed by atoms with Crippen LogP contribution in [0.2, 0.25) is 0 Å². The van der Waals surface area contributed by atoms with Crippen LogP contribution in [-0.2, 0) is 92.3 Å². The Balaban J connectivity index is 3.19. The molecule has 1 fully saturated rings. The van der Waals surface area contributed by atoms with Crippen molar-refractivity contribution in [3.63, 3.8) is 0 Å². The monoisotopic (exact) mass is 1160 g/mol. The minimum absolute atomic E-state index is 0.00845. The fourth-order valence-corrected chi connectivity index (χ4v) is 11.3. The molecule has 0 bridgehead atoms. The zero-order chi connectivity index (χ0) is 55.3. The molecule has 0 heterocycles. The van der Waals surface area contributed by atoms with Crippen LogP contribution in [0.5, 0.6) is 0 Å². The van der Waals surface area contributed by atoms with E-state index in [1.165, 1.54) is 96.3 Å². The highest BCUT2D eigenvalue weighted by Crippen LogP contribution is 2.58. The van der Waals surface area contributed by atoms with Gasteiger partial charge in [0, 0.05) is 12.8 Å². The van der Waals surface area contributed by atoms with Gasteiger partial charge in [-0.05, 0) is 12.8 Å². The quantitative estimate of drug-likeness (QED) is 0.0183. The number of rotatable bonds is 49. The number of unbranched alkanes of at least 4 members (excludes halogenated alkanes) is 24. The van der Waals surface area contributed by atoms with Crippen molar-refractivity contribution < 1.29 is 144 Å². The summed E-state index contributed by atoms with van der Waals surface area (Å²) in [7, 11) is -20.0. The number of hydrogen-bond donors (Lipinski definition) is 9. The van der Waals surface area contributed by atoms with Crippen LogP contribution in [0, 0.1) is 0 Å². The molecule has 1 aliphatic carbocycles. The Morgan fingerprint density at radius 2 is 0.676 bits per heavy atom. The number of ether oxygens (including phenoxy) is 2. The van der Waals surface area contributed by atoms with E-state index in [0.717, 1.165) is 57.8 Å². The predicted octanol–water partition coefficient (Wildman–Crippen LogP) is 2.34. The van der Waals surface area contributed by atoms with Gasteiger partial charge in [-0.2, -0.15) is 0 Å². The van der Waals surface area contributed by atoms with Crippen LogP contribution in [0.3, 0.4) is 0 Å². The average Bonchev–Trinajstić information content (AvgIpc) is 3.40. The molecule has 8 atom stereocenters. The number of carbonyl (C=O) groups excluding carboxylic acids is 2. The van der Waals surface area contributed by atoms with Gasteiger partial charge < -0.3 is 19.7 Å². The van der Waals surface area contributed by atoms with Crippen molar-refractivity contribution in [2.24, 2.45) is 0 Å². The summed E-state index contributed by atoms with van der Waals surface area (Å²) in [5.41, 5.74) is 0. The highest BCUT2D eigenvalue weighted by molar-refractivity contribution is 7.49. The molecular weight excluding hydrogens is 1070 g/mol. The van der Waals surface area contributed by atoms with Crippen LogP contribution in [0.4, 0.5) is 0 Å². The fourth-order valence-electron chi connectivity index (χ4n) is 8.00. The standard InChI is InChI=1S/C41H96N7O22P4/c1-3-5-7-9-11-13-15-17-19-21-23-25-27-29-34(49)57-31-33(59-35(50)30-28-26-24-22-20-18-16-14-12-10-8-6-4-2)32-58-71(53,64-42)60-38-36(51)39(61-72(54,65-43)66-44)41(63-74(56,69-47)70-48)40(37(38)52)62-73(55,67-45)68-46/h33,36-41,51-52H,3-32H2,1-2,42-48H3/q+7/t33-,36+,37+,38?,39-,40+,41?,71?/m1/s1. The summed E-state index contributed by atoms with van der Waals surface area (Å²) in [4.78, 5) is 26.1. The highest BCUT2D eigenvalue weighted by Gasteiger charge is 2.62. The van der Waals surface area contributed by atoms with Crippen LogP contribution in [-0.4, -0.2) is 78.1 Å². The largest absolute Gasteiger partial charge is 0.567 e. The van der Waals surface area contributed by atoms with E-state index in [0.29, 0.717) is 12.8 Å². The molecule has 1 rings (SSSR count). The number of aliphatic hydroxyl groups excluding tert-OH is 2. The van der Waals surface area contributed by atoms with E-state index in [-0.39, 0.29) is 12.8 Å². The first kappa shape index (κ1) is 71.0. The van der Waals surface area contributed by atoms with Crippen LogP contribution < -0.4 is 41.3 Å². The number of hydrogen-bond acceptors (Lipinski definition) is 22. The van der Waals surface area contributed by atoms with E-state index in [2.05, 4.69) is 82.9 Å². The molecule has 0 aromatic heterocycles. The average molecular weight is 1160 g/mol. The maximum Gasteiger partial charge on any atom is 0.567 e. The van der Waals surface area contributed by atoms with Gasteiger partial charge >= 0.3 is 43.2 Å². The van der Waals surface area contributed by atoms with Crippen molar-refractivity contribution in [3.8, 4) is 0 Å². The van der Waals surface area contributed by atoms with Crippen LogP contribution in [0.25, 0.3) is 0 Å². The number of quaternary nitrogens is 7. The van der Waals surface area contributed by atoms with Crippen LogP contribution >= 0.6 is 31.3 Å². The SMILES string of the molecule is CCCCCCCCCCCCCCCC(=O)OC[C@H](COP(=O)(O[NH3+])OC1[C@H](O)[C@H](OP(=O)(O[NH3+])O[NH3+])C(OP(=O)(O[NH3+])O[NH3+])[C@H](OP(=O)(O[NH3+])O[NH3+])[C@H]1O)OC(=O)CCCCCCCCCCCCCCC. The molecule has 1 aliphatic rings. The summed E-state index contributed by atoms with van der Waals surface area (Å²) >= 11 is 0. The van der Waals surface area contributed by atoms with Crippen molar-refractivity contribution >= 4 is 43.2 Å².